The summed E-state index contributed by atoms with van der Waals surface area (Å²) in [6, 6.07) is 7.15. The molecule has 0 radical (unpaired) electrons. The zero-order valence-electron chi connectivity index (χ0n) is 13.5. The van der Waals surface area contributed by atoms with Crippen LogP contribution in [0.5, 0.6) is 0 Å². The minimum absolute atomic E-state index is 0.554. The number of anilines is 1. The number of carbonyl (C=O) groups excluding carboxylic acids is 2. The average Bonchev–Trinajstić information content (AvgIpc) is 2.75. The molecular weight excluding hydrogens is 294 g/mol. The number of amides is 2. The molecule has 0 fully saturated rings. The van der Waals surface area contributed by atoms with Crippen molar-refractivity contribution in [2.45, 2.75) is 20.8 Å². The van der Waals surface area contributed by atoms with E-state index in [4.69, 9.17) is 0 Å². The van der Waals surface area contributed by atoms with Crippen molar-refractivity contribution in [3.8, 4) is 0 Å². The maximum Gasteiger partial charge on any atom is 0.329 e. The third-order valence-corrected chi connectivity index (χ3v) is 3.44. The Hall–Kier alpha value is -2.96. The van der Waals surface area contributed by atoms with Crippen molar-refractivity contribution in [2.24, 2.45) is 12.1 Å². The van der Waals surface area contributed by atoms with Gasteiger partial charge in [0, 0.05) is 24.0 Å². The number of benzene rings is 1. The van der Waals surface area contributed by atoms with Gasteiger partial charge in [-0.05, 0) is 32.9 Å². The first kappa shape index (κ1) is 16.4. The molecule has 2 N–H and O–H groups in total. The smallest absolute Gasteiger partial charge is 0.318 e. The van der Waals surface area contributed by atoms with Gasteiger partial charge in [0.1, 0.15) is 0 Å². The van der Waals surface area contributed by atoms with Crippen molar-refractivity contribution >= 4 is 23.7 Å². The van der Waals surface area contributed by atoms with E-state index in [-0.39, 0.29) is 0 Å². The zero-order valence-corrected chi connectivity index (χ0v) is 13.5. The highest BCUT2D eigenvalue weighted by Crippen LogP contribution is 2.09. The van der Waals surface area contributed by atoms with Crippen LogP contribution >= 0.6 is 0 Å². The summed E-state index contributed by atoms with van der Waals surface area (Å²) in [5, 5.41) is 10.6. The summed E-state index contributed by atoms with van der Waals surface area (Å²) in [4.78, 5) is 23.5. The molecule has 2 amide bonds. The molecule has 2 rings (SSSR count). The van der Waals surface area contributed by atoms with Gasteiger partial charge in [-0.15, -0.1) is 0 Å². The summed E-state index contributed by atoms with van der Waals surface area (Å²) in [5.41, 5.74) is 6.36. The van der Waals surface area contributed by atoms with Gasteiger partial charge >= 0.3 is 11.8 Å². The molecule has 0 aliphatic heterocycles. The highest BCUT2D eigenvalue weighted by atomic mass is 16.2. The van der Waals surface area contributed by atoms with Crippen LogP contribution in [0.25, 0.3) is 0 Å². The standard InChI is InChI=1S/C16H19N5O2/c1-10-5-7-13(8-6-10)18-15(22)16(23)19-17-9-14-11(2)20-21(4)12(14)3/h5-9H,1-4H3,(H,18,22)(H,19,23)/b17-9-. The molecule has 0 aliphatic carbocycles. The summed E-state index contributed by atoms with van der Waals surface area (Å²) in [5.74, 6) is -1.60. The van der Waals surface area contributed by atoms with Crippen LogP contribution < -0.4 is 10.7 Å². The van der Waals surface area contributed by atoms with E-state index in [1.165, 1.54) is 6.21 Å². The van der Waals surface area contributed by atoms with Gasteiger partial charge in [0.2, 0.25) is 0 Å². The first-order valence-electron chi connectivity index (χ1n) is 7.09. The van der Waals surface area contributed by atoms with Gasteiger partial charge in [0.25, 0.3) is 0 Å². The molecule has 1 heterocycles. The van der Waals surface area contributed by atoms with Crippen LogP contribution in [0, 0.1) is 20.8 Å². The molecule has 7 nitrogen and oxygen atoms in total. The fraction of sp³-hybridized carbons (Fsp3) is 0.250. The molecule has 23 heavy (non-hydrogen) atoms. The number of rotatable bonds is 3. The van der Waals surface area contributed by atoms with Crippen LogP contribution in [-0.2, 0) is 16.6 Å². The van der Waals surface area contributed by atoms with E-state index in [1.54, 1.807) is 16.8 Å². The minimum Gasteiger partial charge on any atom is -0.318 e. The fourth-order valence-electron chi connectivity index (χ4n) is 2.01. The number of hydrogen-bond donors (Lipinski definition) is 2. The first-order valence-corrected chi connectivity index (χ1v) is 7.09. The number of nitrogens with zero attached hydrogens (tertiary/aromatic N) is 3. The molecular formula is C16H19N5O2. The second kappa shape index (κ2) is 6.87. The molecule has 0 atom stereocenters. The lowest BCUT2D eigenvalue weighted by Crippen LogP contribution is -2.32. The van der Waals surface area contributed by atoms with Gasteiger partial charge in [-0.3, -0.25) is 14.3 Å². The average molecular weight is 313 g/mol. The van der Waals surface area contributed by atoms with Crippen LogP contribution in [0.4, 0.5) is 5.69 Å². The lowest BCUT2D eigenvalue weighted by molar-refractivity contribution is -0.136. The predicted molar refractivity (Wildman–Crippen MR) is 88.2 cm³/mol. The van der Waals surface area contributed by atoms with E-state index in [1.807, 2.05) is 40.0 Å². The fourth-order valence-corrected chi connectivity index (χ4v) is 2.01. The largest absolute Gasteiger partial charge is 0.329 e. The molecule has 0 aliphatic rings. The number of nitrogens with one attached hydrogen (secondary N) is 2. The lowest BCUT2D eigenvalue weighted by Gasteiger charge is -2.04. The number of hydrazone groups is 1. The van der Waals surface area contributed by atoms with Gasteiger partial charge in [0.15, 0.2) is 0 Å². The molecule has 0 spiro atoms. The van der Waals surface area contributed by atoms with Crippen LogP contribution in [0.2, 0.25) is 0 Å². The number of aryl methyl sites for hydroxylation is 3. The van der Waals surface area contributed by atoms with Crippen LogP contribution in [0.15, 0.2) is 29.4 Å². The molecule has 0 saturated carbocycles. The Morgan fingerprint density at radius 3 is 2.35 bits per heavy atom. The van der Waals surface area contributed by atoms with Crippen LogP contribution in [0.3, 0.4) is 0 Å². The molecule has 2 aromatic rings. The maximum absolute atomic E-state index is 11.8. The second-order valence-corrected chi connectivity index (χ2v) is 5.23. The monoisotopic (exact) mass is 313 g/mol. The Labute approximate surface area is 134 Å². The maximum atomic E-state index is 11.8. The number of carbonyl (C=O) groups is 2. The molecule has 7 heteroatoms. The predicted octanol–water partition coefficient (Wildman–Crippen LogP) is 1.43. The SMILES string of the molecule is Cc1ccc(NC(=O)C(=O)N/N=C\c2c(C)nn(C)c2C)cc1. The Morgan fingerprint density at radius 2 is 1.78 bits per heavy atom. The van der Waals surface area contributed by atoms with E-state index in [0.717, 1.165) is 22.5 Å². The molecule has 0 saturated heterocycles. The van der Waals surface area contributed by atoms with E-state index in [0.29, 0.717) is 5.69 Å². The van der Waals surface area contributed by atoms with Gasteiger partial charge < -0.3 is 5.32 Å². The van der Waals surface area contributed by atoms with Crippen LogP contribution in [0.1, 0.15) is 22.5 Å². The minimum atomic E-state index is -0.832. The van der Waals surface area contributed by atoms with Crippen molar-refractivity contribution < 1.29 is 9.59 Å². The summed E-state index contributed by atoms with van der Waals surface area (Å²) in [6.45, 7) is 5.68. The van der Waals surface area contributed by atoms with E-state index < -0.39 is 11.8 Å². The van der Waals surface area contributed by atoms with Crippen molar-refractivity contribution in [3.05, 3.63) is 46.8 Å². The second-order valence-electron chi connectivity index (χ2n) is 5.23. The van der Waals surface area contributed by atoms with E-state index in [9.17, 15) is 9.59 Å². The molecule has 0 unspecified atom stereocenters. The molecule has 1 aromatic heterocycles. The highest BCUT2D eigenvalue weighted by Gasteiger charge is 2.13. The molecule has 0 bridgehead atoms. The highest BCUT2D eigenvalue weighted by molar-refractivity contribution is 6.39. The van der Waals surface area contributed by atoms with Crippen molar-refractivity contribution in [1.29, 1.82) is 0 Å². The lowest BCUT2D eigenvalue weighted by atomic mass is 10.2. The molecule has 1 aromatic carbocycles. The van der Waals surface area contributed by atoms with Crippen molar-refractivity contribution in [3.63, 3.8) is 0 Å². The van der Waals surface area contributed by atoms with Crippen LogP contribution in [-0.4, -0.2) is 27.8 Å². The summed E-state index contributed by atoms with van der Waals surface area (Å²) in [7, 11) is 1.83. The Morgan fingerprint density at radius 1 is 1.13 bits per heavy atom. The summed E-state index contributed by atoms with van der Waals surface area (Å²) >= 11 is 0. The van der Waals surface area contributed by atoms with Gasteiger partial charge in [0.05, 0.1) is 11.9 Å². The first-order chi connectivity index (χ1) is 10.9. The topological polar surface area (TPSA) is 88.4 Å². The van der Waals surface area contributed by atoms with E-state index >= 15 is 0 Å². The van der Waals surface area contributed by atoms with Gasteiger partial charge in [-0.25, -0.2) is 5.43 Å². The Bertz CT molecular complexity index is 760. The third kappa shape index (κ3) is 4.03. The van der Waals surface area contributed by atoms with E-state index in [2.05, 4.69) is 20.9 Å². The number of hydrogen-bond acceptors (Lipinski definition) is 4. The molecule has 120 valence electrons. The summed E-state index contributed by atoms with van der Waals surface area (Å²) in [6.07, 6.45) is 1.48. The van der Waals surface area contributed by atoms with Crippen molar-refractivity contribution in [2.75, 3.05) is 5.32 Å². The normalized spacial score (nSPS) is 10.8. The summed E-state index contributed by atoms with van der Waals surface area (Å²) < 4.78 is 1.72. The Kier molecular flexibility index (Phi) is 4.90. The van der Waals surface area contributed by atoms with Crippen molar-refractivity contribution in [1.82, 2.24) is 15.2 Å². The quantitative estimate of drug-likeness (QED) is 0.510. The number of aromatic nitrogens is 2. The van der Waals surface area contributed by atoms with Gasteiger partial charge in [-0.1, -0.05) is 17.7 Å². The van der Waals surface area contributed by atoms with Gasteiger partial charge in [-0.2, -0.15) is 10.2 Å². The third-order valence-electron chi connectivity index (χ3n) is 3.44. The zero-order chi connectivity index (χ0) is 17.0. The Balaban J connectivity index is 1.95.